The van der Waals surface area contributed by atoms with Crippen LogP contribution in [0.1, 0.15) is 44.9 Å². The van der Waals surface area contributed by atoms with Crippen LogP contribution in [0.5, 0.6) is 0 Å². The zero-order valence-electron chi connectivity index (χ0n) is 17.6. The van der Waals surface area contributed by atoms with E-state index >= 15 is 0 Å². The topological polar surface area (TPSA) is 49.3 Å². The molecule has 0 bridgehead atoms. The number of halogens is 1. The lowest BCUT2D eigenvalue weighted by Crippen LogP contribution is -2.41. The van der Waals surface area contributed by atoms with E-state index in [0.717, 1.165) is 38.2 Å². The van der Waals surface area contributed by atoms with E-state index in [2.05, 4.69) is 27.2 Å². The van der Waals surface area contributed by atoms with Gasteiger partial charge in [-0.15, -0.1) is 24.0 Å². The SMILES string of the molecule is CN=C(NCCCN(C)C1CCCCC1)N1CCC(COCCOC)C1.I. The molecule has 1 heterocycles. The van der Waals surface area contributed by atoms with Crippen molar-refractivity contribution in [2.45, 2.75) is 51.0 Å². The predicted octanol–water partition coefficient (Wildman–Crippen LogP) is 2.82. The van der Waals surface area contributed by atoms with Gasteiger partial charge < -0.3 is 24.6 Å². The molecule has 1 atom stereocenters. The number of ether oxygens (including phenoxy) is 2. The largest absolute Gasteiger partial charge is 0.382 e. The lowest BCUT2D eigenvalue weighted by Gasteiger charge is -2.31. The second kappa shape index (κ2) is 14.8. The van der Waals surface area contributed by atoms with Crippen molar-refractivity contribution in [3.8, 4) is 0 Å². The smallest absolute Gasteiger partial charge is 0.193 e. The molecular weight excluding hydrogens is 455 g/mol. The van der Waals surface area contributed by atoms with Crippen LogP contribution in [0.2, 0.25) is 0 Å². The quantitative estimate of drug-likeness (QED) is 0.218. The highest BCUT2D eigenvalue weighted by atomic mass is 127. The molecule has 2 rings (SSSR count). The van der Waals surface area contributed by atoms with Gasteiger partial charge in [-0.05, 0) is 39.3 Å². The second-order valence-electron chi connectivity index (χ2n) is 7.77. The molecule has 2 fully saturated rings. The van der Waals surface area contributed by atoms with Crippen molar-refractivity contribution in [2.24, 2.45) is 10.9 Å². The molecule has 0 aromatic heterocycles. The average molecular weight is 496 g/mol. The van der Waals surface area contributed by atoms with Gasteiger partial charge in [-0.2, -0.15) is 0 Å². The number of rotatable bonds is 10. The molecule has 7 heteroatoms. The minimum Gasteiger partial charge on any atom is -0.382 e. The van der Waals surface area contributed by atoms with Crippen molar-refractivity contribution >= 4 is 29.9 Å². The van der Waals surface area contributed by atoms with E-state index in [1.54, 1.807) is 7.11 Å². The number of nitrogens with zero attached hydrogens (tertiary/aromatic N) is 3. The summed E-state index contributed by atoms with van der Waals surface area (Å²) in [5.74, 6) is 1.65. The van der Waals surface area contributed by atoms with Gasteiger partial charge in [0, 0.05) is 45.8 Å². The number of hydrogen-bond donors (Lipinski definition) is 1. The Morgan fingerprint density at radius 3 is 2.67 bits per heavy atom. The van der Waals surface area contributed by atoms with Gasteiger partial charge >= 0.3 is 0 Å². The molecule has 1 aliphatic heterocycles. The highest BCUT2D eigenvalue weighted by Crippen LogP contribution is 2.21. The van der Waals surface area contributed by atoms with E-state index in [0.29, 0.717) is 19.1 Å². The first kappa shape index (κ1) is 24.9. The third-order valence-electron chi connectivity index (χ3n) is 5.75. The number of hydrogen-bond acceptors (Lipinski definition) is 4. The number of guanidine groups is 1. The maximum atomic E-state index is 5.68. The fraction of sp³-hybridized carbons (Fsp3) is 0.950. The molecule has 0 amide bonds. The monoisotopic (exact) mass is 496 g/mol. The van der Waals surface area contributed by atoms with Crippen molar-refractivity contribution in [1.82, 2.24) is 15.1 Å². The van der Waals surface area contributed by atoms with E-state index in [4.69, 9.17) is 9.47 Å². The molecule has 0 radical (unpaired) electrons. The standard InChI is InChI=1S/C20H40N4O2.HI/c1-21-20(24-13-10-18(16-24)17-26-15-14-25-3)22-11-7-12-23(2)19-8-5-4-6-9-19;/h18-19H,4-17H2,1-3H3,(H,21,22);1H. The van der Waals surface area contributed by atoms with Gasteiger partial charge in [0.1, 0.15) is 0 Å². The Labute approximate surface area is 183 Å². The van der Waals surface area contributed by atoms with Gasteiger partial charge in [-0.1, -0.05) is 19.3 Å². The van der Waals surface area contributed by atoms with Crippen LogP contribution in [0.3, 0.4) is 0 Å². The Morgan fingerprint density at radius 2 is 1.96 bits per heavy atom. The summed E-state index contributed by atoms with van der Waals surface area (Å²) in [6.45, 7) is 6.46. The summed E-state index contributed by atoms with van der Waals surface area (Å²) in [6.07, 6.45) is 9.36. The van der Waals surface area contributed by atoms with Crippen LogP contribution in [0, 0.1) is 5.92 Å². The Morgan fingerprint density at radius 1 is 1.19 bits per heavy atom. The van der Waals surface area contributed by atoms with Crippen LogP contribution >= 0.6 is 24.0 Å². The van der Waals surface area contributed by atoms with Crippen LogP contribution in [0.25, 0.3) is 0 Å². The molecule has 1 unspecified atom stereocenters. The van der Waals surface area contributed by atoms with Crippen molar-refractivity contribution < 1.29 is 9.47 Å². The van der Waals surface area contributed by atoms with Crippen LogP contribution in [0.15, 0.2) is 4.99 Å². The summed E-state index contributed by atoms with van der Waals surface area (Å²) >= 11 is 0. The van der Waals surface area contributed by atoms with Crippen LogP contribution in [0.4, 0.5) is 0 Å². The summed E-state index contributed by atoms with van der Waals surface area (Å²) in [5, 5.41) is 3.56. The lowest BCUT2D eigenvalue weighted by molar-refractivity contribution is 0.0536. The van der Waals surface area contributed by atoms with Crippen molar-refractivity contribution in [2.75, 3.05) is 67.2 Å². The molecule has 1 N–H and O–H groups in total. The molecule has 0 spiro atoms. The summed E-state index contributed by atoms with van der Waals surface area (Å²) in [5.41, 5.74) is 0. The minimum atomic E-state index is 0. The molecule has 160 valence electrons. The van der Waals surface area contributed by atoms with Crippen LogP contribution in [-0.4, -0.2) is 89.0 Å². The molecule has 6 nitrogen and oxygen atoms in total. The van der Waals surface area contributed by atoms with Gasteiger partial charge in [-0.3, -0.25) is 4.99 Å². The minimum absolute atomic E-state index is 0. The summed E-state index contributed by atoms with van der Waals surface area (Å²) < 4.78 is 10.7. The molecule has 2 aliphatic rings. The maximum Gasteiger partial charge on any atom is 0.193 e. The Bertz CT molecular complexity index is 405. The lowest BCUT2D eigenvalue weighted by atomic mass is 9.94. The summed E-state index contributed by atoms with van der Waals surface area (Å²) in [4.78, 5) is 9.41. The first-order valence-corrected chi connectivity index (χ1v) is 10.5. The van der Waals surface area contributed by atoms with Gasteiger partial charge in [-0.25, -0.2) is 0 Å². The van der Waals surface area contributed by atoms with Gasteiger partial charge in [0.15, 0.2) is 5.96 Å². The van der Waals surface area contributed by atoms with E-state index in [9.17, 15) is 0 Å². The van der Waals surface area contributed by atoms with Crippen molar-refractivity contribution in [1.29, 1.82) is 0 Å². The molecule has 0 aromatic carbocycles. The number of likely N-dealkylation sites (tertiary alicyclic amines) is 1. The zero-order chi connectivity index (χ0) is 18.6. The van der Waals surface area contributed by atoms with E-state index < -0.39 is 0 Å². The first-order chi connectivity index (χ1) is 12.7. The zero-order valence-corrected chi connectivity index (χ0v) is 20.0. The molecule has 1 aliphatic carbocycles. The summed E-state index contributed by atoms with van der Waals surface area (Å²) in [6, 6.07) is 0.806. The maximum absolute atomic E-state index is 5.68. The van der Waals surface area contributed by atoms with Gasteiger partial charge in [0.25, 0.3) is 0 Å². The van der Waals surface area contributed by atoms with E-state index in [1.165, 1.54) is 51.5 Å². The highest BCUT2D eigenvalue weighted by Gasteiger charge is 2.25. The third kappa shape index (κ3) is 9.28. The number of aliphatic imine (C=N–C) groups is 1. The second-order valence-corrected chi connectivity index (χ2v) is 7.77. The Balaban J connectivity index is 0.00000364. The van der Waals surface area contributed by atoms with E-state index in [1.807, 2.05) is 7.05 Å². The normalized spacial score (nSPS) is 21.6. The Kier molecular flexibility index (Phi) is 13.7. The van der Waals surface area contributed by atoms with Gasteiger partial charge in [0.05, 0.1) is 19.8 Å². The van der Waals surface area contributed by atoms with Crippen molar-refractivity contribution in [3.05, 3.63) is 0 Å². The Hall–Kier alpha value is -0.120. The molecule has 0 aromatic rings. The molecular formula is C20H41IN4O2. The fourth-order valence-corrected chi connectivity index (χ4v) is 4.12. The predicted molar refractivity (Wildman–Crippen MR) is 123 cm³/mol. The summed E-state index contributed by atoms with van der Waals surface area (Å²) in [7, 11) is 5.89. The molecule has 1 saturated heterocycles. The number of nitrogens with one attached hydrogen (secondary N) is 1. The fourth-order valence-electron chi connectivity index (χ4n) is 4.12. The van der Waals surface area contributed by atoms with Crippen LogP contribution in [-0.2, 0) is 9.47 Å². The molecule has 27 heavy (non-hydrogen) atoms. The number of methoxy groups -OCH3 is 1. The third-order valence-corrected chi connectivity index (χ3v) is 5.75. The first-order valence-electron chi connectivity index (χ1n) is 10.5. The highest BCUT2D eigenvalue weighted by molar-refractivity contribution is 14.0. The van der Waals surface area contributed by atoms with E-state index in [-0.39, 0.29) is 24.0 Å². The van der Waals surface area contributed by atoms with Gasteiger partial charge in [0.2, 0.25) is 0 Å². The van der Waals surface area contributed by atoms with Crippen molar-refractivity contribution in [3.63, 3.8) is 0 Å². The molecule has 1 saturated carbocycles. The van der Waals surface area contributed by atoms with Crippen LogP contribution < -0.4 is 5.32 Å². The average Bonchev–Trinajstić information content (AvgIpc) is 3.14.